The lowest BCUT2D eigenvalue weighted by Crippen LogP contribution is -2.47. The van der Waals surface area contributed by atoms with Crippen molar-refractivity contribution in [3.8, 4) is 0 Å². The highest BCUT2D eigenvalue weighted by Gasteiger charge is 2.44. The zero-order chi connectivity index (χ0) is 13.3. The standard InChI is InChI=1S/C15H21ClN2O/c1-17-13(14-12(16)4-2-8-18-14)11-5-9-19-15(10-11)6-3-7-15/h2,4,8,11,13,17H,3,5-7,9-10H2,1H3. The Hall–Kier alpha value is -0.640. The summed E-state index contributed by atoms with van der Waals surface area (Å²) in [6, 6.07) is 4.04. The highest BCUT2D eigenvalue weighted by molar-refractivity contribution is 6.31. The number of nitrogens with one attached hydrogen (secondary N) is 1. The van der Waals surface area contributed by atoms with E-state index in [0.29, 0.717) is 5.92 Å². The van der Waals surface area contributed by atoms with Crippen molar-refractivity contribution in [3.63, 3.8) is 0 Å². The van der Waals surface area contributed by atoms with E-state index < -0.39 is 0 Å². The topological polar surface area (TPSA) is 34.2 Å². The van der Waals surface area contributed by atoms with E-state index in [4.69, 9.17) is 16.3 Å². The summed E-state index contributed by atoms with van der Waals surface area (Å²) in [6.45, 7) is 0.868. The van der Waals surface area contributed by atoms with Gasteiger partial charge in [-0.25, -0.2) is 0 Å². The van der Waals surface area contributed by atoms with Gasteiger partial charge in [-0.15, -0.1) is 0 Å². The minimum absolute atomic E-state index is 0.166. The zero-order valence-corrected chi connectivity index (χ0v) is 12.1. The van der Waals surface area contributed by atoms with Gasteiger partial charge in [-0.1, -0.05) is 11.6 Å². The van der Waals surface area contributed by atoms with Crippen LogP contribution in [0.15, 0.2) is 18.3 Å². The van der Waals surface area contributed by atoms with Gasteiger partial charge in [-0.3, -0.25) is 4.98 Å². The van der Waals surface area contributed by atoms with E-state index in [-0.39, 0.29) is 11.6 Å². The summed E-state index contributed by atoms with van der Waals surface area (Å²) >= 11 is 6.30. The van der Waals surface area contributed by atoms with E-state index in [9.17, 15) is 0 Å². The third-order valence-electron chi connectivity index (χ3n) is 4.66. The van der Waals surface area contributed by atoms with Crippen LogP contribution in [0.3, 0.4) is 0 Å². The molecule has 0 amide bonds. The van der Waals surface area contributed by atoms with E-state index in [2.05, 4.69) is 10.3 Å². The SMILES string of the molecule is CNC(c1ncccc1Cl)C1CCOC2(CCC2)C1. The van der Waals surface area contributed by atoms with Crippen molar-refractivity contribution in [3.05, 3.63) is 29.0 Å². The fourth-order valence-corrected chi connectivity index (χ4v) is 3.73. The fourth-order valence-electron chi connectivity index (χ4n) is 3.49. The molecule has 1 N–H and O–H groups in total. The molecule has 2 aliphatic rings. The molecule has 0 aromatic carbocycles. The second-order valence-corrected chi connectivity index (χ2v) is 6.18. The molecule has 0 bridgehead atoms. The molecule has 4 heteroatoms. The Morgan fingerprint density at radius 1 is 1.53 bits per heavy atom. The lowest BCUT2D eigenvalue weighted by Gasteiger charge is -2.48. The summed E-state index contributed by atoms with van der Waals surface area (Å²) in [7, 11) is 2.00. The Morgan fingerprint density at radius 2 is 2.37 bits per heavy atom. The molecule has 1 aliphatic heterocycles. The molecule has 2 fully saturated rings. The lowest BCUT2D eigenvalue weighted by atomic mass is 9.70. The van der Waals surface area contributed by atoms with Crippen molar-refractivity contribution in [1.29, 1.82) is 0 Å². The molecule has 3 rings (SSSR count). The number of aromatic nitrogens is 1. The van der Waals surface area contributed by atoms with E-state index in [0.717, 1.165) is 30.2 Å². The Bertz CT molecular complexity index is 448. The van der Waals surface area contributed by atoms with Crippen LogP contribution >= 0.6 is 11.6 Å². The van der Waals surface area contributed by atoms with Gasteiger partial charge in [-0.2, -0.15) is 0 Å². The van der Waals surface area contributed by atoms with Gasteiger partial charge in [0.2, 0.25) is 0 Å². The number of hydrogen-bond acceptors (Lipinski definition) is 3. The molecular formula is C15H21ClN2O. The van der Waals surface area contributed by atoms with Gasteiger partial charge in [0.05, 0.1) is 22.4 Å². The van der Waals surface area contributed by atoms with Gasteiger partial charge < -0.3 is 10.1 Å². The highest BCUT2D eigenvalue weighted by Crippen LogP contribution is 2.47. The number of nitrogens with zero attached hydrogens (tertiary/aromatic N) is 1. The summed E-state index contributed by atoms with van der Waals surface area (Å²) < 4.78 is 6.01. The first kappa shape index (κ1) is 13.3. The van der Waals surface area contributed by atoms with Crippen LogP contribution in [-0.4, -0.2) is 24.2 Å². The molecule has 0 radical (unpaired) electrons. The molecule has 1 aliphatic carbocycles. The monoisotopic (exact) mass is 280 g/mol. The maximum atomic E-state index is 6.30. The normalized spacial score (nSPS) is 26.9. The minimum Gasteiger partial charge on any atom is -0.375 e. The Kier molecular flexibility index (Phi) is 3.79. The fraction of sp³-hybridized carbons (Fsp3) is 0.667. The van der Waals surface area contributed by atoms with Crippen molar-refractivity contribution in [2.24, 2.45) is 5.92 Å². The Balaban J connectivity index is 1.80. The number of hydrogen-bond donors (Lipinski definition) is 1. The van der Waals surface area contributed by atoms with E-state index in [1.54, 1.807) is 0 Å². The highest BCUT2D eigenvalue weighted by atomic mass is 35.5. The summed E-state index contributed by atoms with van der Waals surface area (Å²) in [5.41, 5.74) is 1.15. The maximum Gasteiger partial charge on any atom is 0.0761 e. The van der Waals surface area contributed by atoms with Gasteiger partial charge in [0.1, 0.15) is 0 Å². The van der Waals surface area contributed by atoms with Crippen LogP contribution in [0.1, 0.15) is 43.8 Å². The third kappa shape index (κ3) is 2.51. The summed E-state index contributed by atoms with van der Waals surface area (Å²) in [4.78, 5) is 4.48. The van der Waals surface area contributed by atoms with Crippen LogP contribution in [0.5, 0.6) is 0 Å². The van der Waals surface area contributed by atoms with Crippen molar-refractivity contribution in [1.82, 2.24) is 10.3 Å². The van der Waals surface area contributed by atoms with Crippen LogP contribution in [0.4, 0.5) is 0 Å². The van der Waals surface area contributed by atoms with E-state index >= 15 is 0 Å². The molecule has 1 saturated heterocycles. The molecule has 2 heterocycles. The predicted molar refractivity (Wildman–Crippen MR) is 76.3 cm³/mol. The van der Waals surface area contributed by atoms with Gasteiger partial charge in [0.15, 0.2) is 0 Å². The maximum absolute atomic E-state index is 6.30. The second kappa shape index (κ2) is 5.39. The molecule has 1 spiro atoms. The van der Waals surface area contributed by atoms with Crippen molar-refractivity contribution < 1.29 is 4.74 Å². The van der Waals surface area contributed by atoms with E-state index in [1.807, 2.05) is 25.4 Å². The first-order chi connectivity index (χ1) is 9.24. The number of pyridine rings is 1. The minimum atomic E-state index is 0.166. The average Bonchev–Trinajstić information content (AvgIpc) is 2.40. The molecule has 2 atom stereocenters. The quantitative estimate of drug-likeness (QED) is 0.922. The third-order valence-corrected chi connectivity index (χ3v) is 4.98. The largest absolute Gasteiger partial charge is 0.375 e. The second-order valence-electron chi connectivity index (χ2n) is 5.77. The molecule has 1 aromatic rings. The van der Waals surface area contributed by atoms with E-state index in [1.165, 1.54) is 19.3 Å². The number of rotatable bonds is 3. The van der Waals surface area contributed by atoms with Gasteiger partial charge >= 0.3 is 0 Å². The Labute approximate surface area is 119 Å². The first-order valence-electron chi connectivity index (χ1n) is 7.16. The van der Waals surface area contributed by atoms with Crippen LogP contribution in [-0.2, 0) is 4.74 Å². The van der Waals surface area contributed by atoms with Crippen LogP contribution < -0.4 is 5.32 Å². The first-order valence-corrected chi connectivity index (χ1v) is 7.53. The summed E-state index contributed by atoms with van der Waals surface area (Å²) in [6.07, 6.45) is 7.78. The molecule has 1 saturated carbocycles. The molecule has 19 heavy (non-hydrogen) atoms. The van der Waals surface area contributed by atoms with Crippen molar-refractivity contribution in [2.45, 2.75) is 43.7 Å². The van der Waals surface area contributed by atoms with Crippen LogP contribution in [0.2, 0.25) is 5.02 Å². The Morgan fingerprint density at radius 3 is 3.00 bits per heavy atom. The van der Waals surface area contributed by atoms with Crippen molar-refractivity contribution >= 4 is 11.6 Å². The van der Waals surface area contributed by atoms with Crippen LogP contribution in [0.25, 0.3) is 0 Å². The number of halogens is 1. The smallest absolute Gasteiger partial charge is 0.0761 e. The predicted octanol–water partition coefficient (Wildman–Crippen LogP) is 3.34. The van der Waals surface area contributed by atoms with Gasteiger partial charge in [-0.05, 0) is 57.2 Å². The molecule has 1 aromatic heterocycles. The van der Waals surface area contributed by atoms with Gasteiger partial charge in [0.25, 0.3) is 0 Å². The number of ether oxygens (including phenoxy) is 1. The van der Waals surface area contributed by atoms with Gasteiger partial charge in [0, 0.05) is 12.8 Å². The summed E-state index contributed by atoms with van der Waals surface area (Å²) in [5, 5.41) is 4.17. The summed E-state index contributed by atoms with van der Waals surface area (Å²) in [5.74, 6) is 0.562. The van der Waals surface area contributed by atoms with Crippen molar-refractivity contribution in [2.75, 3.05) is 13.7 Å². The lowest BCUT2D eigenvalue weighted by molar-refractivity contribution is -0.147. The zero-order valence-electron chi connectivity index (χ0n) is 11.4. The molecule has 104 valence electrons. The molecule has 2 unspecified atom stereocenters. The molecule has 3 nitrogen and oxygen atoms in total. The average molecular weight is 281 g/mol. The molecular weight excluding hydrogens is 260 g/mol. The van der Waals surface area contributed by atoms with Crippen LogP contribution in [0, 0.1) is 5.92 Å².